The van der Waals surface area contributed by atoms with Gasteiger partial charge >= 0.3 is 0 Å². The molecule has 7 atom stereocenters. The fourth-order valence-electron chi connectivity index (χ4n) is 3.86. The summed E-state index contributed by atoms with van der Waals surface area (Å²) in [6.45, 7) is 15.7. The second-order valence-corrected chi connectivity index (χ2v) is 10.1. The van der Waals surface area contributed by atoms with Gasteiger partial charge in [0.05, 0.1) is 12.2 Å². The van der Waals surface area contributed by atoms with E-state index in [0.29, 0.717) is 41.2 Å². The van der Waals surface area contributed by atoms with E-state index in [1.54, 1.807) is 10.8 Å². The third-order valence-corrected chi connectivity index (χ3v) is 7.72. The average molecular weight is 390 g/mol. The highest BCUT2D eigenvalue weighted by atomic mass is 33.1. The minimum atomic E-state index is 0.275. The Hall–Kier alpha value is 0.540. The van der Waals surface area contributed by atoms with Crippen LogP contribution in [0.2, 0.25) is 0 Å². The number of ether oxygens (including phenoxy) is 1. The van der Waals surface area contributed by atoms with Gasteiger partial charge in [0.2, 0.25) is 0 Å². The number of hydrogen-bond acceptors (Lipinski definition) is 6. The van der Waals surface area contributed by atoms with E-state index in [1.807, 2.05) is 0 Å². The minimum absolute atomic E-state index is 0.275. The first-order chi connectivity index (χ1) is 11.9. The lowest BCUT2D eigenvalue weighted by Crippen LogP contribution is -2.58. The molecule has 3 N–H and O–H groups in total. The summed E-state index contributed by atoms with van der Waals surface area (Å²) < 4.78 is 6.37. The lowest BCUT2D eigenvalue weighted by Gasteiger charge is -2.39. The van der Waals surface area contributed by atoms with Crippen LogP contribution in [0, 0.1) is 17.8 Å². The number of hydrogen-bond donors (Lipinski definition) is 4. The third-order valence-electron chi connectivity index (χ3n) is 6.09. The average Bonchev–Trinajstić information content (AvgIpc) is 2.65. The van der Waals surface area contributed by atoms with Crippen molar-refractivity contribution < 1.29 is 4.74 Å². The quantitative estimate of drug-likeness (QED) is 0.380. The van der Waals surface area contributed by atoms with Gasteiger partial charge in [-0.1, -0.05) is 38.5 Å². The van der Waals surface area contributed by atoms with Gasteiger partial charge in [0.25, 0.3) is 0 Å². The monoisotopic (exact) mass is 389 g/mol. The van der Waals surface area contributed by atoms with Crippen LogP contribution in [0.3, 0.4) is 0 Å². The Morgan fingerprint density at radius 3 is 2.16 bits per heavy atom. The SMILES string of the molecule is CC(C)C1CNCC(C(C)CCC(C)C2CNCC(C(C)SS)O2)N1. The first-order valence-corrected chi connectivity index (χ1v) is 12.0. The standard InChI is InChI=1S/C19H39N3OS2/c1-12(2)16-8-20-9-17(22-16)13(3)6-7-14(4)18-10-21-11-19(23-18)15(5)25-24/h12-22,24H,6-11H2,1-5H3. The van der Waals surface area contributed by atoms with Crippen LogP contribution in [0.25, 0.3) is 0 Å². The van der Waals surface area contributed by atoms with Crippen LogP contribution in [0.15, 0.2) is 0 Å². The maximum absolute atomic E-state index is 6.37. The summed E-state index contributed by atoms with van der Waals surface area (Å²) in [5.41, 5.74) is 0. The van der Waals surface area contributed by atoms with Crippen LogP contribution in [-0.4, -0.2) is 55.7 Å². The lowest BCUT2D eigenvalue weighted by molar-refractivity contribution is -0.0626. The summed E-state index contributed by atoms with van der Waals surface area (Å²) in [5.74, 6) is 1.97. The molecule has 25 heavy (non-hydrogen) atoms. The van der Waals surface area contributed by atoms with E-state index >= 15 is 0 Å². The molecule has 6 heteroatoms. The molecule has 0 aliphatic carbocycles. The summed E-state index contributed by atoms with van der Waals surface area (Å²) in [5, 5.41) is 11.5. The van der Waals surface area contributed by atoms with Crippen LogP contribution in [-0.2, 0) is 4.74 Å². The van der Waals surface area contributed by atoms with E-state index < -0.39 is 0 Å². The van der Waals surface area contributed by atoms with Crippen molar-refractivity contribution >= 4 is 22.5 Å². The molecule has 0 saturated carbocycles. The molecule has 2 rings (SSSR count). The molecule has 2 aliphatic heterocycles. The first kappa shape index (κ1) is 21.8. The van der Waals surface area contributed by atoms with E-state index in [9.17, 15) is 0 Å². The minimum Gasteiger partial charge on any atom is -0.371 e. The highest BCUT2D eigenvalue weighted by Crippen LogP contribution is 2.27. The molecular weight excluding hydrogens is 350 g/mol. The smallest absolute Gasteiger partial charge is 0.0827 e. The van der Waals surface area contributed by atoms with Gasteiger partial charge in [-0.3, -0.25) is 0 Å². The van der Waals surface area contributed by atoms with Gasteiger partial charge in [0.15, 0.2) is 0 Å². The molecule has 0 aromatic rings. The molecule has 148 valence electrons. The first-order valence-electron chi connectivity index (χ1n) is 10.1. The van der Waals surface area contributed by atoms with E-state index in [1.165, 1.54) is 12.8 Å². The number of rotatable bonds is 8. The summed E-state index contributed by atoms with van der Waals surface area (Å²) in [7, 11) is 1.60. The van der Waals surface area contributed by atoms with E-state index in [4.69, 9.17) is 4.74 Å². The van der Waals surface area contributed by atoms with Crippen molar-refractivity contribution in [1.82, 2.24) is 16.0 Å². The Morgan fingerprint density at radius 1 is 0.880 bits per heavy atom. The number of nitrogens with one attached hydrogen (secondary N) is 3. The Kier molecular flexibility index (Phi) is 9.40. The number of piperazine rings is 1. The topological polar surface area (TPSA) is 45.3 Å². The molecule has 0 radical (unpaired) electrons. The maximum Gasteiger partial charge on any atom is 0.0827 e. The van der Waals surface area contributed by atoms with Crippen molar-refractivity contribution in [2.24, 2.45) is 17.8 Å². The Bertz CT molecular complexity index is 386. The van der Waals surface area contributed by atoms with Crippen molar-refractivity contribution in [2.45, 2.75) is 77.0 Å². The molecule has 0 aromatic carbocycles. The predicted octanol–water partition coefficient (Wildman–Crippen LogP) is 2.95. The van der Waals surface area contributed by atoms with Gasteiger partial charge in [0, 0.05) is 43.5 Å². The molecule has 0 bridgehead atoms. The van der Waals surface area contributed by atoms with Crippen LogP contribution < -0.4 is 16.0 Å². The fraction of sp³-hybridized carbons (Fsp3) is 1.00. The summed E-state index contributed by atoms with van der Waals surface area (Å²) >= 11 is 4.35. The van der Waals surface area contributed by atoms with E-state index in [2.05, 4.69) is 62.2 Å². The molecular formula is C19H39N3OS2. The van der Waals surface area contributed by atoms with Crippen LogP contribution in [0.5, 0.6) is 0 Å². The fourth-order valence-corrected chi connectivity index (χ4v) is 4.57. The van der Waals surface area contributed by atoms with Crippen LogP contribution in [0.1, 0.15) is 47.5 Å². The van der Waals surface area contributed by atoms with Crippen LogP contribution in [0.4, 0.5) is 0 Å². The summed E-state index contributed by atoms with van der Waals surface area (Å²) in [4.78, 5) is 0. The van der Waals surface area contributed by atoms with Gasteiger partial charge in [0.1, 0.15) is 0 Å². The molecule has 2 saturated heterocycles. The molecule has 0 spiro atoms. The number of morpholine rings is 1. The lowest BCUT2D eigenvalue weighted by atomic mass is 9.87. The highest BCUT2D eigenvalue weighted by molar-refractivity contribution is 8.68. The second kappa shape index (κ2) is 10.8. The molecule has 2 heterocycles. The predicted molar refractivity (Wildman–Crippen MR) is 114 cm³/mol. The van der Waals surface area contributed by atoms with E-state index in [0.717, 1.165) is 26.2 Å². The third kappa shape index (κ3) is 6.58. The zero-order chi connectivity index (χ0) is 18.4. The van der Waals surface area contributed by atoms with Gasteiger partial charge in [-0.2, -0.15) is 0 Å². The Balaban J connectivity index is 1.76. The summed E-state index contributed by atoms with van der Waals surface area (Å²) in [6.07, 6.45) is 3.09. The van der Waals surface area contributed by atoms with Gasteiger partial charge in [-0.15, -0.1) is 11.7 Å². The Morgan fingerprint density at radius 2 is 1.48 bits per heavy atom. The van der Waals surface area contributed by atoms with Gasteiger partial charge in [-0.25, -0.2) is 0 Å². The second-order valence-electron chi connectivity index (χ2n) is 8.50. The maximum atomic E-state index is 6.37. The zero-order valence-corrected chi connectivity index (χ0v) is 18.3. The molecule has 2 fully saturated rings. The van der Waals surface area contributed by atoms with Crippen molar-refractivity contribution in [1.29, 1.82) is 0 Å². The van der Waals surface area contributed by atoms with Crippen molar-refractivity contribution in [3.63, 3.8) is 0 Å². The highest BCUT2D eigenvalue weighted by Gasteiger charge is 2.31. The van der Waals surface area contributed by atoms with Crippen molar-refractivity contribution in [3.05, 3.63) is 0 Å². The van der Waals surface area contributed by atoms with Gasteiger partial charge in [-0.05, 0) is 37.5 Å². The molecule has 0 amide bonds. The van der Waals surface area contributed by atoms with Crippen molar-refractivity contribution in [2.75, 3.05) is 26.2 Å². The Labute approximate surface area is 164 Å². The molecule has 4 nitrogen and oxygen atoms in total. The molecule has 7 unspecified atom stereocenters. The molecule has 0 aromatic heterocycles. The normalized spacial score (nSPS) is 34.7. The largest absolute Gasteiger partial charge is 0.371 e. The summed E-state index contributed by atoms with van der Waals surface area (Å²) in [6, 6.07) is 1.19. The van der Waals surface area contributed by atoms with E-state index in [-0.39, 0.29) is 6.10 Å². The van der Waals surface area contributed by atoms with Gasteiger partial charge < -0.3 is 20.7 Å². The van der Waals surface area contributed by atoms with Crippen molar-refractivity contribution in [3.8, 4) is 0 Å². The molecule has 2 aliphatic rings. The zero-order valence-electron chi connectivity index (χ0n) is 16.6. The van der Waals surface area contributed by atoms with Crippen LogP contribution >= 0.6 is 22.5 Å². The number of thiol groups is 1.